The Labute approximate surface area is 176 Å². The van der Waals surface area contributed by atoms with Gasteiger partial charge < -0.3 is 14.8 Å². The van der Waals surface area contributed by atoms with E-state index in [-0.39, 0.29) is 24.6 Å². The van der Waals surface area contributed by atoms with Crippen LogP contribution in [0.3, 0.4) is 0 Å². The highest BCUT2D eigenvalue weighted by Gasteiger charge is 2.40. The summed E-state index contributed by atoms with van der Waals surface area (Å²) in [5, 5.41) is 2.84. The summed E-state index contributed by atoms with van der Waals surface area (Å²) in [5.41, 5.74) is 2.07. The smallest absolute Gasteiger partial charge is 0.325 e. The van der Waals surface area contributed by atoms with Crippen LogP contribution in [0, 0.1) is 0 Å². The van der Waals surface area contributed by atoms with Crippen LogP contribution in [0.15, 0.2) is 48.5 Å². The molecule has 0 radical (unpaired) electrons. The van der Waals surface area contributed by atoms with Gasteiger partial charge in [-0.05, 0) is 24.5 Å². The van der Waals surface area contributed by atoms with Crippen LogP contribution in [0.5, 0.6) is 11.5 Å². The fraction of sp³-hybridized carbons (Fsp3) is 0.391. The number of benzene rings is 2. The predicted octanol–water partition coefficient (Wildman–Crippen LogP) is 2.96. The molecule has 0 bridgehead atoms. The van der Waals surface area contributed by atoms with Gasteiger partial charge in [0.2, 0.25) is 0 Å². The molecule has 7 nitrogen and oxygen atoms in total. The molecular weight excluding hydrogens is 382 g/mol. The van der Waals surface area contributed by atoms with Gasteiger partial charge in [0.1, 0.15) is 17.5 Å². The minimum absolute atomic E-state index is 0.0830. The largest absolute Gasteiger partial charge is 0.497 e. The van der Waals surface area contributed by atoms with Crippen LogP contribution >= 0.6 is 0 Å². The molecule has 2 aliphatic rings. The number of urea groups is 1. The number of carbonyl (C=O) groups excluding carboxylic acids is 2. The average molecular weight is 409 g/mol. The van der Waals surface area contributed by atoms with Gasteiger partial charge in [-0.3, -0.25) is 9.69 Å². The summed E-state index contributed by atoms with van der Waals surface area (Å²) in [6, 6.07) is 14.8. The highest BCUT2D eigenvalue weighted by Crippen LogP contribution is 2.38. The molecule has 0 saturated carbocycles. The number of nitrogens with one attached hydrogen (secondary N) is 1. The lowest BCUT2D eigenvalue weighted by atomic mass is 10.0. The molecule has 0 spiro atoms. The van der Waals surface area contributed by atoms with Gasteiger partial charge in [-0.25, -0.2) is 9.69 Å². The molecule has 2 heterocycles. The van der Waals surface area contributed by atoms with Crippen molar-refractivity contribution in [3.8, 4) is 11.5 Å². The maximum Gasteiger partial charge on any atom is 0.325 e. The van der Waals surface area contributed by atoms with Crippen LogP contribution in [0.4, 0.5) is 4.79 Å². The van der Waals surface area contributed by atoms with Gasteiger partial charge in [-0.1, -0.05) is 36.4 Å². The van der Waals surface area contributed by atoms with Crippen molar-refractivity contribution in [3.63, 3.8) is 0 Å². The molecule has 2 aliphatic heterocycles. The number of imide groups is 1. The van der Waals surface area contributed by atoms with Crippen molar-refractivity contribution in [1.29, 1.82) is 0 Å². The van der Waals surface area contributed by atoms with E-state index in [2.05, 4.69) is 10.2 Å². The third-order valence-electron chi connectivity index (χ3n) is 5.88. The summed E-state index contributed by atoms with van der Waals surface area (Å²) >= 11 is 0. The number of rotatable bonds is 7. The van der Waals surface area contributed by atoms with Gasteiger partial charge in [0.05, 0.1) is 20.9 Å². The fourth-order valence-corrected chi connectivity index (χ4v) is 4.32. The molecule has 2 atom stereocenters. The zero-order chi connectivity index (χ0) is 21.1. The minimum Gasteiger partial charge on any atom is -0.497 e. The van der Waals surface area contributed by atoms with Crippen molar-refractivity contribution < 1.29 is 19.1 Å². The van der Waals surface area contributed by atoms with Crippen molar-refractivity contribution in [2.75, 3.05) is 27.4 Å². The molecule has 7 heteroatoms. The molecule has 2 fully saturated rings. The monoisotopic (exact) mass is 409 g/mol. The maximum atomic E-state index is 12.9. The van der Waals surface area contributed by atoms with E-state index < -0.39 is 6.04 Å². The number of nitrogens with zero attached hydrogens (tertiary/aromatic N) is 2. The standard InChI is InChI=1S/C23H27N3O4/c1-29-17-10-11-18(21(14-17)30-2)20-9-6-12-25(20)15-26-22(27)19(24-23(26)28)13-16-7-4-3-5-8-16/h3-5,7-8,10-11,14,19-20H,6,9,12-13,15H2,1-2H3,(H,24,28)/t19-,20-/m1/s1. The second-order valence-electron chi connectivity index (χ2n) is 7.68. The summed E-state index contributed by atoms with van der Waals surface area (Å²) in [5.74, 6) is 1.32. The highest BCUT2D eigenvalue weighted by molar-refractivity contribution is 6.04. The van der Waals surface area contributed by atoms with Gasteiger partial charge in [0, 0.05) is 30.6 Å². The molecule has 1 N–H and O–H groups in total. The first-order chi connectivity index (χ1) is 14.6. The topological polar surface area (TPSA) is 71.1 Å². The third-order valence-corrected chi connectivity index (χ3v) is 5.88. The van der Waals surface area contributed by atoms with E-state index in [9.17, 15) is 9.59 Å². The van der Waals surface area contributed by atoms with E-state index in [1.54, 1.807) is 14.2 Å². The molecular formula is C23H27N3O4. The molecule has 158 valence electrons. The lowest BCUT2D eigenvalue weighted by molar-refractivity contribution is -0.129. The van der Waals surface area contributed by atoms with Crippen LogP contribution < -0.4 is 14.8 Å². The first-order valence-corrected chi connectivity index (χ1v) is 10.2. The van der Waals surface area contributed by atoms with Gasteiger partial charge in [0.15, 0.2) is 0 Å². The Bertz CT molecular complexity index is 918. The van der Waals surface area contributed by atoms with Crippen molar-refractivity contribution in [1.82, 2.24) is 15.1 Å². The van der Waals surface area contributed by atoms with Crippen LogP contribution in [0.1, 0.15) is 30.0 Å². The van der Waals surface area contributed by atoms with E-state index in [0.29, 0.717) is 6.42 Å². The zero-order valence-corrected chi connectivity index (χ0v) is 17.3. The van der Waals surface area contributed by atoms with Gasteiger partial charge in [-0.15, -0.1) is 0 Å². The first kappa shape index (κ1) is 20.2. The van der Waals surface area contributed by atoms with Gasteiger partial charge in [-0.2, -0.15) is 0 Å². The van der Waals surface area contributed by atoms with Crippen molar-refractivity contribution in [3.05, 3.63) is 59.7 Å². The zero-order valence-electron chi connectivity index (χ0n) is 17.3. The third kappa shape index (κ3) is 3.98. The second kappa shape index (κ2) is 8.75. The Balaban J connectivity index is 1.48. The summed E-state index contributed by atoms with van der Waals surface area (Å²) in [4.78, 5) is 29.0. The first-order valence-electron chi connectivity index (χ1n) is 10.2. The maximum absolute atomic E-state index is 12.9. The van der Waals surface area contributed by atoms with E-state index in [1.165, 1.54) is 4.90 Å². The minimum atomic E-state index is -0.517. The SMILES string of the molecule is COc1ccc([C@H]2CCCN2CN2C(=O)N[C@H](Cc3ccccc3)C2=O)c(OC)c1. The summed E-state index contributed by atoms with van der Waals surface area (Å²) in [6.45, 7) is 1.09. The van der Waals surface area contributed by atoms with Crippen molar-refractivity contribution >= 4 is 11.9 Å². The molecule has 2 aromatic rings. The van der Waals surface area contributed by atoms with E-state index in [0.717, 1.165) is 42.0 Å². The normalized spacial score (nSPS) is 21.7. The quantitative estimate of drug-likeness (QED) is 0.712. The van der Waals surface area contributed by atoms with E-state index in [4.69, 9.17) is 9.47 Å². The molecule has 2 aromatic carbocycles. The number of ether oxygens (including phenoxy) is 2. The number of likely N-dealkylation sites (tertiary alicyclic amines) is 1. The average Bonchev–Trinajstić information content (AvgIpc) is 3.34. The lowest BCUT2D eigenvalue weighted by Gasteiger charge is -2.29. The molecule has 0 unspecified atom stereocenters. The number of amides is 3. The second-order valence-corrected chi connectivity index (χ2v) is 7.68. The van der Waals surface area contributed by atoms with Crippen LogP contribution in [0.2, 0.25) is 0 Å². The molecule has 3 amide bonds. The van der Waals surface area contributed by atoms with Gasteiger partial charge in [0.25, 0.3) is 5.91 Å². The van der Waals surface area contributed by atoms with Crippen molar-refractivity contribution in [2.45, 2.75) is 31.3 Å². The Morgan fingerprint density at radius 2 is 1.87 bits per heavy atom. The molecule has 4 rings (SSSR count). The fourth-order valence-electron chi connectivity index (χ4n) is 4.32. The highest BCUT2D eigenvalue weighted by atomic mass is 16.5. The Kier molecular flexibility index (Phi) is 5.90. The van der Waals surface area contributed by atoms with Crippen LogP contribution in [0.25, 0.3) is 0 Å². The Hall–Kier alpha value is -3.06. The van der Waals surface area contributed by atoms with E-state index >= 15 is 0 Å². The van der Waals surface area contributed by atoms with Crippen molar-refractivity contribution in [2.24, 2.45) is 0 Å². The molecule has 0 aromatic heterocycles. The molecule has 2 saturated heterocycles. The van der Waals surface area contributed by atoms with E-state index in [1.807, 2.05) is 48.5 Å². The molecule has 30 heavy (non-hydrogen) atoms. The van der Waals surface area contributed by atoms with Crippen LogP contribution in [-0.4, -0.2) is 55.2 Å². The summed E-state index contributed by atoms with van der Waals surface area (Å²) < 4.78 is 10.9. The number of hydrogen-bond acceptors (Lipinski definition) is 5. The predicted molar refractivity (Wildman–Crippen MR) is 112 cm³/mol. The van der Waals surface area contributed by atoms with Crippen LogP contribution in [-0.2, 0) is 11.2 Å². The Morgan fingerprint density at radius 3 is 2.60 bits per heavy atom. The summed E-state index contributed by atoms with van der Waals surface area (Å²) in [6.07, 6.45) is 2.44. The summed E-state index contributed by atoms with van der Waals surface area (Å²) in [7, 11) is 3.27. The van der Waals surface area contributed by atoms with Gasteiger partial charge >= 0.3 is 6.03 Å². The molecule has 0 aliphatic carbocycles. The lowest BCUT2D eigenvalue weighted by Crippen LogP contribution is -2.42. The number of methoxy groups -OCH3 is 2. The number of hydrogen-bond donors (Lipinski definition) is 1. The number of carbonyl (C=O) groups is 2. The Morgan fingerprint density at radius 1 is 1.07 bits per heavy atom.